The molecule has 1 N–H and O–H groups in total. The standard InChI is InChI=1S/C16H24BrNO2/c1-11-6-13(17)7-12(14(11)19)8-18-9-15(2,3)20-16(4,5)10-18/h6-7,19H,8-10H2,1-5H3. The van der Waals surface area contributed by atoms with Crippen LogP contribution in [0.15, 0.2) is 16.6 Å². The molecule has 3 nitrogen and oxygen atoms in total. The van der Waals surface area contributed by atoms with Crippen LogP contribution in [0.2, 0.25) is 0 Å². The van der Waals surface area contributed by atoms with E-state index < -0.39 is 0 Å². The summed E-state index contributed by atoms with van der Waals surface area (Å²) in [6, 6.07) is 3.93. The third kappa shape index (κ3) is 3.74. The molecule has 112 valence electrons. The summed E-state index contributed by atoms with van der Waals surface area (Å²) in [5.41, 5.74) is 1.53. The number of phenolic OH excluding ortho intramolecular Hbond substituents is 1. The Balaban J connectivity index is 2.22. The summed E-state index contributed by atoms with van der Waals surface area (Å²) >= 11 is 3.50. The summed E-state index contributed by atoms with van der Waals surface area (Å²) in [6.45, 7) is 12.9. The van der Waals surface area contributed by atoms with Crippen molar-refractivity contribution in [2.45, 2.75) is 52.4 Å². The number of nitrogens with zero attached hydrogens (tertiary/aromatic N) is 1. The van der Waals surface area contributed by atoms with Gasteiger partial charge in [0.05, 0.1) is 11.2 Å². The van der Waals surface area contributed by atoms with Gasteiger partial charge in [0.25, 0.3) is 0 Å². The van der Waals surface area contributed by atoms with Gasteiger partial charge in [0, 0.05) is 29.7 Å². The van der Waals surface area contributed by atoms with E-state index in [0.717, 1.165) is 35.2 Å². The Kier molecular flexibility index (Phi) is 4.20. The monoisotopic (exact) mass is 341 g/mol. The van der Waals surface area contributed by atoms with Gasteiger partial charge in [-0.05, 0) is 52.3 Å². The predicted octanol–water partition coefficient (Wildman–Crippen LogP) is 3.85. The number of halogens is 1. The topological polar surface area (TPSA) is 32.7 Å². The number of rotatable bonds is 2. The number of morpholine rings is 1. The predicted molar refractivity (Wildman–Crippen MR) is 85.1 cm³/mol. The molecule has 1 aliphatic rings. The van der Waals surface area contributed by atoms with Crippen LogP contribution in [0.4, 0.5) is 0 Å². The fourth-order valence-corrected chi connectivity index (χ4v) is 3.84. The van der Waals surface area contributed by atoms with Crippen molar-refractivity contribution in [3.05, 3.63) is 27.7 Å². The van der Waals surface area contributed by atoms with Crippen LogP contribution in [0.25, 0.3) is 0 Å². The molecule has 0 bridgehead atoms. The average molecular weight is 342 g/mol. The Bertz CT molecular complexity index is 495. The third-order valence-electron chi connectivity index (χ3n) is 3.50. The van der Waals surface area contributed by atoms with E-state index in [4.69, 9.17) is 4.74 Å². The summed E-state index contributed by atoms with van der Waals surface area (Å²) in [6.07, 6.45) is 0. The first-order valence-electron chi connectivity index (χ1n) is 6.98. The van der Waals surface area contributed by atoms with Crippen LogP contribution in [0.1, 0.15) is 38.8 Å². The molecule has 4 heteroatoms. The molecule has 0 aliphatic carbocycles. The van der Waals surface area contributed by atoms with Crippen molar-refractivity contribution in [3.63, 3.8) is 0 Å². The summed E-state index contributed by atoms with van der Waals surface area (Å²) < 4.78 is 7.10. The highest BCUT2D eigenvalue weighted by atomic mass is 79.9. The molecule has 0 atom stereocenters. The number of aromatic hydroxyl groups is 1. The lowest BCUT2D eigenvalue weighted by atomic mass is 9.98. The maximum absolute atomic E-state index is 10.2. The molecular formula is C16H24BrNO2. The van der Waals surface area contributed by atoms with Crippen LogP contribution in [0.3, 0.4) is 0 Å². The highest BCUT2D eigenvalue weighted by Gasteiger charge is 2.38. The summed E-state index contributed by atoms with van der Waals surface area (Å²) in [5, 5.41) is 10.2. The van der Waals surface area contributed by atoms with Gasteiger partial charge >= 0.3 is 0 Å². The fraction of sp³-hybridized carbons (Fsp3) is 0.625. The van der Waals surface area contributed by atoms with E-state index in [-0.39, 0.29) is 11.2 Å². The molecule has 0 radical (unpaired) electrons. The number of phenols is 1. The molecule has 1 fully saturated rings. The molecule has 2 rings (SSSR count). The van der Waals surface area contributed by atoms with Crippen LogP contribution in [-0.2, 0) is 11.3 Å². The van der Waals surface area contributed by atoms with Gasteiger partial charge in [-0.1, -0.05) is 15.9 Å². The fourth-order valence-electron chi connectivity index (χ4n) is 3.22. The lowest BCUT2D eigenvalue weighted by molar-refractivity contribution is -0.182. The molecule has 20 heavy (non-hydrogen) atoms. The molecule has 1 aromatic rings. The summed E-state index contributed by atoms with van der Waals surface area (Å²) in [5.74, 6) is 0.398. The van der Waals surface area contributed by atoms with Crippen molar-refractivity contribution >= 4 is 15.9 Å². The van der Waals surface area contributed by atoms with Gasteiger partial charge in [0.2, 0.25) is 0 Å². The number of hydrogen-bond acceptors (Lipinski definition) is 3. The number of benzene rings is 1. The summed E-state index contributed by atoms with van der Waals surface area (Å²) in [7, 11) is 0. The second-order valence-electron chi connectivity index (χ2n) is 7.00. The van der Waals surface area contributed by atoms with Crippen LogP contribution in [0, 0.1) is 6.92 Å². The number of aryl methyl sites for hydroxylation is 1. The van der Waals surface area contributed by atoms with Crippen molar-refractivity contribution in [2.24, 2.45) is 0 Å². The molecule has 0 unspecified atom stereocenters. The molecule has 1 aliphatic heterocycles. The Morgan fingerprint density at radius 1 is 1.20 bits per heavy atom. The lowest BCUT2D eigenvalue weighted by Gasteiger charge is -2.47. The van der Waals surface area contributed by atoms with Gasteiger partial charge < -0.3 is 9.84 Å². The minimum Gasteiger partial charge on any atom is -0.507 e. The van der Waals surface area contributed by atoms with Gasteiger partial charge in [-0.2, -0.15) is 0 Å². The van der Waals surface area contributed by atoms with E-state index >= 15 is 0 Å². The maximum Gasteiger partial charge on any atom is 0.123 e. The summed E-state index contributed by atoms with van der Waals surface area (Å²) in [4.78, 5) is 2.35. The second-order valence-corrected chi connectivity index (χ2v) is 7.91. The second kappa shape index (κ2) is 5.32. The van der Waals surface area contributed by atoms with Crippen molar-refractivity contribution in [3.8, 4) is 5.75 Å². The third-order valence-corrected chi connectivity index (χ3v) is 3.96. The van der Waals surface area contributed by atoms with E-state index in [9.17, 15) is 5.11 Å². The first-order chi connectivity index (χ1) is 9.08. The van der Waals surface area contributed by atoms with E-state index in [1.807, 2.05) is 19.1 Å². The highest BCUT2D eigenvalue weighted by Crippen LogP contribution is 2.32. The van der Waals surface area contributed by atoms with Gasteiger partial charge in [-0.15, -0.1) is 0 Å². The molecule has 0 spiro atoms. The Morgan fingerprint density at radius 2 is 1.75 bits per heavy atom. The van der Waals surface area contributed by atoms with Crippen LogP contribution in [-0.4, -0.2) is 34.3 Å². The van der Waals surface area contributed by atoms with E-state index in [1.165, 1.54) is 0 Å². The zero-order chi connectivity index (χ0) is 15.1. The maximum atomic E-state index is 10.2. The zero-order valence-electron chi connectivity index (χ0n) is 13.0. The Labute approximate surface area is 130 Å². The smallest absolute Gasteiger partial charge is 0.123 e. The average Bonchev–Trinajstić information content (AvgIpc) is 2.20. The van der Waals surface area contributed by atoms with Crippen LogP contribution >= 0.6 is 15.9 Å². The van der Waals surface area contributed by atoms with Crippen molar-refractivity contribution in [1.82, 2.24) is 4.90 Å². The Hall–Kier alpha value is -0.580. The van der Waals surface area contributed by atoms with Crippen molar-refractivity contribution in [1.29, 1.82) is 0 Å². The van der Waals surface area contributed by atoms with Gasteiger partial charge in [-0.25, -0.2) is 0 Å². The number of ether oxygens (including phenoxy) is 1. The normalized spacial score (nSPS) is 21.9. The van der Waals surface area contributed by atoms with Gasteiger partial charge in [-0.3, -0.25) is 4.90 Å². The molecular weight excluding hydrogens is 318 g/mol. The zero-order valence-corrected chi connectivity index (χ0v) is 14.5. The molecule has 1 aromatic carbocycles. The van der Waals surface area contributed by atoms with Crippen molar-refractivity contribution in [2.75, 3.05) is 13.1 Å². The SMILES string of the molecule is Cc1cc(Br)cc(CN2CC(C)(C)OC(C)(C)C2)c1O. The lowest BCUT2D eigenvalue weighted by Crippen LogP contribution is -2.56. The van der Waals surface area contributed by atoms with E-state index in [2.05, 4.69) is 48.5 Å². The molecule has 0 amide bonds. The first-order valence-corrected chi connectivity index (χ1v) is 7.78. The van der Waals surface area contributed by atoms with Gasteiger partial charge in [0.1, 0.15) is 5.75 Å². The van der Waals surface area contributed by atoms with Gasteiger partial charge in [0.15, 0.2) is 0 Å². The van der Waals surface area contributed by atoms with Crippen LogP contribution < -0.4 is 0 Å². The minimum absolute atomic E-state index is 0.168. The quantitative estimate of drug-likeness (QED) is 0.886. The minimum atomic E-state index is -0.168. The van der Waals surface area contributed by atoms with Crippen molar-refractivity contribution < 1.29 is 9.84 Å². The van der Waals surface area contributed by atoms with E-state index in [1.54, 1.807) is 0 Å². The van der Waals surface area contributed by atoms with E-state index in [0.29, 0.717) is 5.75 Å². The molecule has 0 aromatic heterocycles. The molecule has 1 heterocycles. The highest BCUT2D eigenvalue weighted by molar-refractivity contribution is 9.10. The Morgan fingerprint density at radius 3 is 2.30 bits per heavy atom. The molecule has 1 saturated heterocycles. The number of hydrogen-bond donors (Lipinski definition) is 1. The molecule has 0 saturated carbocycles. The van der Waals surface area contributed by atoms with Crippen LogP contribution in [0.5, 0.6) is 5.75 Å². The largest absolute Gasteiger partial charge is 0.507 e. The first kappa shape index (κ1) is 15.8.